The van der Waals surface area contributed by atoms with Crippen LogP contribution in [0.25, 0.3) is 0 Å². The Morgan fingerprint density at radius 1 is 0.521 bits per heavy atom. The highest BCUT2D eigenvalue weighted by Crippen LogP contribution is 2.71. The molecule has 0 amide bonds. The average Bonchev–Trinajstić information content (AvgIpc) is 3.83. The van der Waals surface area contributed by atoms with E-state index in [0.29, 0.717) is 29.2 Å². The molecule has 12 N–H and O–H groups in total. The summed E-state index contributed by atoms with van der Waals surface area (Å²) in [7, 11) is 0. The zero-order chi connectivity index (χ0) is 50.6. The summed E-state index contributed by atoms with van der Waals surface area (Å²) in [5.41, 5.74) is 0.517. The van der Waals surface area contributed by atoms with E-state index >= 15 is 0 Å². The van der Waals surface area contributed by atoms with Crippen molar-refractivity contribution in [2.45, 2.75) is 227 Å². The highest BCUT2D eigenvalue weighted by atomic mass is 16.8. The van der Waals surface area contributed by atoms with Crippen LogP contribution in [0.1, 0.15) is 91.9 Å². The van der Waals surface area contributed by atoms with Crippen molar-refractivity contribution in [3.05, 3.63) is 0 Å². The smallest absolute Gasteiger partial charge is 0.187 e. The minimum absolute atomic E-state index is 0.145. The molecule has 0 unspecified atom stereocenters. The third-order valence-electron chi connectivity index (χ3n) is 20.4. The Morgan fingerprint density at radius 3 is 1.87 bits per heavy atom. The van der Waals surface area contributed by atoms with Crippen molar-refractivity contribution >= 4 is 0 Å². The van der Waals surface area contributed by atoms with Gasteiger partial charge in [0, 0.05) is 18.6 Å². The van der Waals surface area contributed by atoms with Crippen LogP contribution in [-0.2, 0) is 37.9 Å². The van der Waals surface area contributed by atoms with Gasteiger partial charge in [-0.1, -0.05) is 27.7 Å². The van der Waals surface area contributed by atoms with Gasteiger partial charge in [0.05, 0.1) is 32.5 Å². The third-order valence-corrected chi connectivity index (χ3v) is 20.4. The van der Waals surface area contributed by atoms with Crippen LogP contribution in [0.4, 0.5) is 0 Å². The van der Waals surface area contributed by atoms with Crippen molar-refractivity contribution in [3.8, 4) is 0 Å². The molecule has 0 aromatic heterocycles. The lowest BCUT2D eigenvalue weighted by molar-refractivity contribution is -0.404. The zero-order valence-electron chi connectivity index (χ0n) is 41.4. The van der Waals surface area contributed by atoms with E-state index in [-0.39, 0.29) is 11.5 Å². The molecule has 71 heavy (non-hydrogen) atoms. The summed E-state index contributed by atoms with van der Waals surface area (Å²) in [6, 6.07) is 1.44. The Kier molecular flexibility index (Phi) is 15.7. The lowest BCUT2D eigenvalue weighted by Crippen LogP contribution is -2.68. The van der Waals surface area contributed by atoms with Gasteiger partial charge in [-0.2, -0.15) is 0 Å². The molecule has 0 radical (unpaired) electrons. The van der Waals surface area contributed by atoms with Crippen molar-refractivity contribution in [1.82, 2.24) is 4.90 Å². The first-order valence-corrected chi connectivity index (χ1v) is 26.7. The monoisotopic (exact) mass is 1020 g/mol. The van der Waals surface area contributed by atoms with Crippen LogP contribution in [0, 0.1) is 52.3 Å². The largest absolute Gasteiger partial charge is 0.394 e. The molecule has 6 aliphatic heterocycles. The number of aliphatic hydroxyl groups excluding tert-OH is 12. The number of aliphatic hydroxyl groups is 12. The molecule has 0 bridgehead atoms. The maximum atomic E-state index is 11.8. The molecule has 4 aliphatic carbocycles. The molecule has 10 rings (SSSR count). The number of nitrogens with zero attached hydrogens (tertiary/aromatic N) is 1. The van der Waals surface area contributed by atoms with Crippen LogP contribution in [0.2, 0.25) is 0 Å². The topological polar surface area (TPSA) is 320 Å². The molecule has 0 aromatic carbocycles. The van der Waals surface area contributed by atoms with E-state index in [1.807, 2.05) is 0 Å². The summed E-state index contributed by atoms with van der Waals surface area (Å²) in [5.74, 6) is 4.74. The quantitative estimate of drug-likeness (QED) is 0.0966. The van der Waals surface area contributed by atoms with Gasteiger partial charge in [0.25, 0.3) is 0 Å². The average molecular weight is 1020 g/mol. The highest BCUT2D eigenvalue weighted by molar-refractivity contribution is 5.17. The van der Waals surface area contributed by atoms with E-state index in [4.69, 9.17) is 37.9 Å². The van der Waals surface area contributed by atoms with E-state index in [2.05, 4.69) is 32.6 Å². The van der Waals surface area contributed by atoms with E-state index in [0.717, 1.165) is 55.4 Å². The molecular weight excluding hydrogens is 935 g/mol. The lowest BCUT2D eigenvalue weighted by Gasteiger charge is -2.61. The SMILES string of the molecule is C[C@H]1CC[C@H]2[C@@H](C)[C@H]3[C@H](C[C@H]4[C@@H]5CC[C@H]6C[C@@H](O[C@@H]7O[C@H](CO)[C@H](O[C@@H]8O[C@H](CO)[C@@H](O)[C@H](O[C@@H]9OC[C@@H](O)[C@H](O)[C@H]9O)[C@H]8O[C@@H]8O[C@H](CO)[C@@H](O)[C@H](O)[C@H]8O)[C@H](O)[C@H]7O)CC[C@]6(C)[C@H]5CC[C@]34C)N2C1. The standard InChI is InChI=1S/C50H83NO20/c1-20-5-8-27-21(2)33-28(51(27)15-20)14-26-24-7-6-22-13-23(9-11-49(22,3)25(24)10-12-50(26,33)4)65-46-41(63)38(60)42(32(18-54)68-46)69-48-44(71-47-40(62)37(59)35(57)30(16-52)66-47)43(36(58)31(17-53)67-48)70-45-39(61)34(56)29(55)19-64-45/h20-48,52-63H,5-19H2,1-4H3/t20-,21+,22-,23-,24+,25-,26-,27-,28-,29+,30+,31+,32+,33-,34-,35+,36+,37-,38+,39+,40+,41+,42-,43-,44+,45-,46+,47-,48-,49-,50-/m0/s1. The van der Waals surface area contributed by atoms with E-state index in [1.54, 1.807) is 0 Å². The van der Waals surface area contributed by atoms with Crippen LogP contribution < -0.4 is 0 Å². The number of ether oxygens (including phenoxy) is 8. The fourth-order valence-corrected chi connectivity index (χ4v) is 16.6. The number of hydrogen-bond acceptors (Lipinski definition) is 21. The number of rotatable bonds is 11. The maximum absolute atomic E-state index is 11.8. The van der Waals surface area contributed by atoms with Gasteiger partial charge >= 0.3 is 0 Å². The van der Waals surface area contributed by atoms with E-state index in [9.17, 15) is 61.3 Å². The first kappa shape index (κ1) is 53.6. The molecule has 31 atom stereocenters. The van der Waals surface area contributed by atoms with Crippen LogP contribution in [0.3, 0.4) is 0 Å². The van der Waals surface area contributed by atoms with Crippen molar-refractivity contribution in [3.63, 3.8) is 0 Å². The summed E-state index contributed by atoms with van der Waals surface area (Å²) >= 11 is 0. The Bertz CT molecular complexity index is 1810. The summed E-state index contributed by atoms with van der Waals surface area (Å²) in [4.78, 5) is 2.94. The summed E-state index contributed by atoms with van der Waals surface area (Å²) in [6.07, 6.45) is -21.7. The molecule has 6 heterocycles. The molecule has 10 aliphatic rings. The van der Waals surface area contributed by atoms with Crippen molar-refractivity contribution < 1.29 is 99.2 Å². The second kappa shape index (κ2) is 20.8. The van der Waals surface area contributed by atoms with Crippen LogP contribution in [0.5, 0.6) is 0 Å². The highest BCUT2D eigenvalue weighted by Gasteiger charge is 2.67. The second-order valence-electron chi connectivity index (χ2n) is 24.0. The lowest BCUT2D eigenvalue weighted by atomic mass is 9.44. The zero-order valence-corrected chi connectivity index (χ0v) is 41.4. The van der Waals surface area contributed by atoms with E-state index < -0.39 is 143 Å². The maximum Gasteiger partial charge on any atom is 0.187 e. The van der Waals surface area contributed by atoms with Crippen molar-refractivity contribution in [1.29, 1.82) is 0 Å². The Balaban J connectivity index is 0.821. The Morgan fingerprint density at radius 2 is 1.14 bits per heavy atom. The molecule has 21 heteroatoms. The van der Waals surface area contributed by atoms with Gasteiger partial charge in [-0.15, -0.1) is 0 Å². The van der Waals surface area contributed by atoms with Gasteiger partial charge in [-0.3, -0.25) is 4.90 Å². The molecule has 21 nitrogen and oxygen atoms in total. The predicted octanol–water partition coefficient (Wildman–Crippen LogP) is -2.33. The fraction of sp³-hybridized carbons (Fsp3) is 1.00. The number of hydrogen-bond donors (Lipinski definition) is 12. The molecule has 10 fully saturated rings. The second-order valence-corrected chi connectivity index (χ2v) is 24.0. The van der Waals surface area contributed by atoms with E-state index in [1.165, 1.54) is 45.1 Å². The van der Waals surface area contributed by atoms with Crippen LogP contribution >= 0.6 is 0 Å². The first-order chi connectivity index (χ1) is 33.8. The summed E-state index contributed by atoms with van der Waals surface area (Å²) in [6.45, 7) is 8.43. The first-order valence-electron chi connectivity index (χ1n) is 26.7. The minimum atomic E-state index is -1.99. The fourth-order valence-electron chi connectivity index (χ4n) is 16.6. The Labute approximate surface area is 415 Å². The summed E-state index contributed by atoms with van der Waals surface area (Å²) in [5, 5.41) is 129. The number of piperidine rings is 1. The molecule has 408 valence electrons. The molecule has 0 spiro atoms. The van der Waals surface area contributed by atoms with Gasteiger partial charge in [0.15, 0.2) is 25.2 Å². The van der Waals surface area contributed by atoms with Gasteiger partial charge in [-0.05, 0) is 116 Å². The predicted molar refractivity (Wildman–Crippen MR) is 243 cm³/mol. The third kappa shape index (κ3) is 9.20. The minimum Gasteiger partial charge on any atom is -0.394 e. The summed E-state index contributed by atoms with van der Waals surface area (Å²) < 4.78 is 48.0. The van der Waals surface area contributed by atoms with Crippen LogP contribution in [0.15, 0.2) is 0 Å². The molecule has 4 saturated carbocycles. The molecule has 6 saturated heterocycles. The van der Waals surface area contributed by atoms with Gasteiger partial charge in [-0.25, -0.2) is 0 Å². The normalized spacial score (nSPS) is 57.5. The molecular formula is C50H83NO20. The molecule has 0 aromatic rings. The van der Waals surface area contributed by atoms with Crippen LogP contribution in [-0.4, -0.2) is 234 Å². The van der Waals surface area contributed by atoms with Gasteiger partial charge in [0.2, 0.25) is 0 Å². The van der Waals surface area contributed by atoms with Crippen molar-refractivity contribution in [2.75, 3.05) is 33.0 Å². The van der Waals surface area contributed by atoms with Crippen molar-refractivity contribution in [2.24, 2.45) is 52.3 Å². The number of fused-ring (bicyclic) bond motifs is 9. The van der Waals surface area contributed by atoms with Gasteiger partial charge < -0.3 is 99.2 Å². The Hall–Kier alpha value is -0.840. The van der Waals surface area contributed by atoms with Gasteiger partial charge in [0.1, 0.15) is 91.6 Å².